The maximum Gasteiger partial charge on any atom is 0.257 e. The third-order valence-electron chi connectivity index (χ3n) is 5.64. The van der Waals surface area contributed by atoms with Crippen LogP contribution in [0.4, 0.5) is 17.1 Å². The van der Waals surface area contributed by atoms with Gasteiger partial charge in [0.15, 0.2) is 0 Å². The smallest absolute Gasteiger partial charge is 0.257 e. The molecule has 1 atom stereocenters. The first-order valence-electron chi connectivity index (χ1n) is 10.8. The van der Waals surface area contributed by atoms with Crippen molar-refractivity contribution in [3.63, 3.8) is 0 Å². The van der Waals surface area contributed by atoms with Crippen molar-refractivity contribution in [3.05, 3.63) is 78.4 Å². The number of amides is 3. The van der Waals surface area contributed by atoms with Crippen molar-refractivity contribution in [1.82, 2.24) is 0 Å². The Balaban J connectivity index is 1.45. The van der Waals surface area contributed by atoms with Crippen LogP contribution in [0.2, 0.25) is 0 Å². The van der Waals surface area contributed by atoms with Crippen LogP contribution in [0.15, 0.2) is 72.8 Å². The first kappa shape index (κ1) is 22.8. The molecule has 1 aliphatic heterocycles. The molecule has 1 fully saturated rings. The lowest BCUT2D eigenvalue weighted by Gasteiger charge is -2.18. The number of para-hydroxylation sites is 1. The second-order valence-electron chi connectivity index (χ2n) is 7.82. The number of nitrogens with one attached hydrogen (secondary N) is 2. The lowest BCUT2D eigenvalue weighted by molar-refractivity contribution is -0.122. The van der Waals surface area contributed by atoms with E-state index in [0.29, 0.717) is 34.1 Å². The Labute approximate surface area is 197 Å². The van der Waals surface area contributed by atoms with Gasteiger partial charge >= 0.3 is 0 Å². The minimum atomic E-state index is -0.545. The number of benzene rings is 3. The fourth-order valence-corrected chi connectivity index (χ4v) is 3.81. The summed E-state index contributed by atoms with van der Waals surface area (Å²) in [4.78, 5) is 40.1. The molecule has 174 valence electrons. The van der Waals surface area contributed by atoms with Gasteiger partial charge in [-0.05, 0) is 48.5 Å². The maximum atomic E-state index is 13.0. The molecule has 3 aromatic carbocycles. The van der Waals surface area contributed by atoms with Gasteiger partial charge < -0.3 is 25.0 Å². The van der Waals surface area contributed by atoms with Crippen molar-refractivity contribution in [3.8, 4) is 11.5 Å². The van der Waals surface area contributed by atoms with Gasteiger partial charge in [-0.2, -0.15) is 0 Å². The van der Waals surface area contributed by atoms with E-state index >= 15 is 0 Å². The van der Waals surface area contributed by atoms with Crippen molar-refractivity contribution >= 4 is 34.8 Å². The van der Waals surface area contributed by atoms with E-state index in [0.717, 1.165) is 0 Å². The molecule has 34 heavy (non-hydrogen) atoms. The predicted molar refractivity (Wildman–Crippen MR) is 129 cm³/mol. The molecule has 0 aliphatic carbocycles. The molecular formula is C26H25N3O5. The first-order valence-corrected chi connectivity index (χ1v) is 10.8. The summed E-state index contributed by atoms with van der Waals surface area (Å²) in [6.07, 6.45) is 0.0866. The van der Waals surface area contributed by atoms with Crippen molar-refractivity contribution < 1.29 is 23.9 Å². The lowest BCUT2D eigenvalue weighted by atomic mass is 10.1. The summed E-state index contributed by atoms with van der Waals surface area (Å²) in [5.41, 5.74) is 1.98. The summed E-state index contributed by atoms with van der Waals surface area (Å²) in [5, 5.41) is 5.65. The molecule has 0 aromatic heterocycles. The highest BCUT2D eigenvalue weighted by molar-refractivity contribution is 6.11. The van der Waals surface area contributed by atoms with Gasteiger partial charge in [0.2, 0.25) is 11.8 Å². The summed E-state index contributed by atoms with van der Waals surface area (Å²) in [5.74, 6) is -0.0462. The van der Waals surface area contributed by atoms with E-state index < -0.39 is 5.92 Å². The van der Waals surface area contributed by atoms with Gasteiger partial charge in [0.1, 0.15) is 11.5 Å². The fraction of sp³-hybridized carbons (Fsp3) is 0.192. The molecule has 8 nitrogen and oxygen atoms in total. The molecule has 4 rings (SSSR count). The second-order valence-corrected chi connectivity index (χ2v) is 7.82. The Morgan fingerprint density at radius 3 is 2.35 bits per heavy atom. The zero-order chi connectivity index (χ0) is 24.1. The third-order valence-corrected chi connectivity index (χ3v) is 5.64. The average molecular weight is 460 g/mol. The molecule has 3 amide bonds. The topological polar surface area (TPSA) is 97.0 Å². The van der Waals surface area contributed by atoms with E-state index in [-0.39, 0.29) is 30.7 Å². The zero-order valence-electron chi connectivity index (χ0n) is 18.9. The molecule has 0 unspecified atom stereocenters. The number of hydrogen-bond donors (Lipinski definition) is 2. The number of methoxy groups -OCH3 is 2. The number of nitrogens with zero attached hydrogens (tertiary/aromatic N) is 1. The Morgan fingerprint density at radius 2 is 1.62 bits per heavy atom. The normalized spacial score (nSPS) is 15.1. The van der Waals surface area contributed by atoms with Crippen LogP contribution in [0.25, 0.3) is 0 Å². The summed E-state index contributed by atoms with van der Waals surface area (Å²) in [7, 11) is 3.13. The summed E-state index contributed by atoms with van der Waals surface area (Å²) in [6.45, 7) is 0.248. The molecule has 8 heteroatoms. The second kappa shape index (κ2) is 10.1. The number of anilines is 3. The highest BCUT2D eigenvalue weighted by Crippen LogP contribution is 2.29. The molecule has 0 radical (unpaired) electrons. The number of carbonyl (C=O) groups excluding carboxylic acids is 3. The average Bonchev–Trinajstić information content (AvgIpc) is 3.26. The van der Waals surface area contributed by atoms with Gasteiger partial charge in [-0.1, -0.05) is 18.2 Å². The van der Waals surface area contributed by atoms with Crippen LogP contribution in [0.3, 0.4) is 0 Å². The van der Waals surface area contributed by atoms with Crippen LogP contribution < -0.4 is 25.0 Å². The fourth-order valence-electron chi connectivity index (χ4n) is 3.81. The molecule has 2 N–H and O–H groups in total. The Kier molecular flexibility index (Phi) is 6.77. The largest absolute Gasteiger partial charge is 0.497 e. The van der Waals surface area contributed by atoms with Gasteiger partial charge in [0, 0.05) is 30.4 Å². The van der Waals surface area contributed by atoms with E-state index in [1.807, 2.05) is 0 Å². The monoisotopic (exact) mass is 459 g/mol. The van der Waals surface area contributed by atoms with E-state index in [2.05, 4.69) is 10.6 Å². The summed E-state index contributed by atoms with van der Waals surface area (Å²) in [6, 6.07) is 20.9. The van der Waals surface area contributed by atoms with Crippen molar-refractivity contribution in [1.29, 1.82) is 0 Å². The Morgan fingerprint density at radius 1 is 0.882 bits per heavy atom. The molecule has 1 saturated heterocycles. The third kappa shape index (κ3) is 5.01. The standard InChI is InChI=1S/C26H25N3O5/c1-33-20-12-10-18(11-13-20)27-26(32)22-8-3-4-9-23(22)28-25(31)17-14-24(30)29(16-17)19-6-5-7-21(15-19)34-2/h3-13,15,17H,14,16H2,1-2H3,(H,27,32)(H,28,31)/t17-/m0/s1. The number of ether oxygens (including phenoxy) is 2. The molecule has 1 aliphatic rings. The van der Waals surface area contributed by atoms with Gasteiger partial charge in [0.25, 0.3) is 5.91 Å². The van der Waals surface area contributed by atoms with Gasteiger partial charge in [-0.25, -0.2) is 0 Å². The quantitative estimate of drug-likeness (QED) is 0.558. The van der Waals surface area contributed by atoms with Gasteiger partial charge in [0.05, 0.1) is 31.4 Å². The molecule has 3 aromatic rings. The van der Waals surface area contributed by atoms with Gasteiger partial charge in [-0.3, -0.25) is 14.4 Å². The molecule has 0 saturated carbocycles. The first-order chi connectivity index (χ1) is 16.5. The van der Waals surface area contributed by atoms with Crippen molar-refractivity contribution in [2.75, 3.05) is 36.3 Å². The predicted octanol–water partition coefficient (Wildman–Crippen LogP) is 3.95. The van der Waals surface area contributed by atoms with E-state index in [4.69, 9.17) is 9.47 Å². The lowest BCUT2D eigenvalue weighted by Crippen LogP contribution is -2.28. The Hall–Kier alpha value is -4.33. The van der Waals surface area contributed by atoms with E-state index in [1.165, 1.54) is 0 Å². The SMILES string of the molecule is COc1ccc(NC(=O)c2ccccc2NC(=O)[C@H]2CC(=O)N(c3cccc(OC)c3)C2)cc1. The van der Waals surface area contributed by atoms with E-state index in [1.54, 1.807) is 91.9 Å². The van der Waals surface area contributed by atoms with Crippen LogP contribution in [-0.2, 0) is 9.59 Å². The highest BCUT2D eigenvalue weighted by atomic mass is 16.5. The summed E-state index contributed by atoms with van der Waals surface area (Å²) >= 11 is 0. The minimum Gasteiger partial charge on any atom is -0.497 e. The van der Waals surface area contributed by atoms with Crippen LogP contribution in [0.1, 0.15) is 16.8 Å². The van der Waals surface area contributed by atoms with Crippen LogP contribution in [-0.4, -0.2) is 38.5 Å². The summed E-state index contributed by atoms with van der Waals surface area (Å²) < 4.78 is 10.4. The number of hydrogen-bond acceptors (Lipinski definition) is 5. The van der Waals surface area contributed by atoms with Crippen molar-refractivity contribution in [2.24, 2.45) is 5.92 Å². The van der Waals surface area contributed by atoms with E-state index in [9.17, 15) is 14.4 Å². The molecular weight excluding hydrogens is 434 g/mol. The maximum absolute atomic E-state index is 13.0. The molecule has 0 spiro atoms. The van der Waals surface area contributed by atoms with Crippen LogP contribution in [0.5, 0.6) is 11.5 Å². The van der Waals surface area contributed by atoms with Crippen LogP contribution >= 0.6 is 0 Å². The van der Waals surface area contributed by atoms with Crippen molar-refractivity contribution in [2.45, 2.75) is 6.42 Å². The number of carbonyl (C=O) groups is 3. The Bertz CT molecular complexity index is 1210. The van der Waals surface area contributed by atoms with Gasteiger partial charge in [-0.15, -0.1) is 0 Å². The minimum absolute atomic E-state index is 0.0866. The van der Waals surface area contributed by atoms with Crippen LogP contribution in [0, 0.1) is 5.92 Å². The highest BCUT2D eigenvalue weighted by Gasteiger charge is 2.35. The zero-order valence-corrected chi connectivity index (χ0v) is 18.9. The molecule has 0 bridgehead atoms. The molecule has 1 heterocycles. The number of rotatable bonds is 7.